The number of ether oxygens (including phenoxy) is 4. The highest BCUT2D eigenvalue weighted by atomic mass is 19.4. The molecular weight excluding hydrogens is 678 g/mol. The normalized spacial score (nSPS) is 18.0. The van der Waals surface area contributed by atoms with E-state index in [1.54, 1.807) is 18.2 Å². The Morgan fingerprint density at radius 2 is 1.14 bits per heavy atom. The summed E-state index contributed by atoms with van der Waals surface area (Å²) in [6.07, 6.45) is -5.77. The molecule has 4 rings (SSSR count). The molecule has 0 bridgehead atoms. The smallest absolute Gasteiger partial charge is 0.432 e. The lowest BCUT2D eigenvalue weighted by Gasteiger charge is -2.35. The van der Waals surface area contributed by atoms with Crippen LogP contribution in [0.5, 0.6) is 0 Å². The van der Waals surface area contributed by atoms with E-state index in [9.17, 15) is 35.9 Å². The molecule has 12 heteroatoms. The maximum Gasteiger partial charge on any atom is 0.432 e. The van der Waals surface area contributed by atoms with Gasteiger partial charge in [0.1, 0.15) is 12.2 Å². The molecule has 0 saturated heterocycles. The number of halogens is 6. The molecule has 0 aliphatic heterocycles. The lowest BCUT2D eigenvalue weighted by atomic mass is 9.84. The van der Waals surface area contributed by atoms with Gasteiger partial charge in [-0.25, -0.2) is 9.59 Å². The van der Waals surface area contributed by atoms with E-state index < -0.39 is 58.8 Å². The molecule has 0 heterocycles. The largest absolute Gasteiger partial charge is 0.459 e. The molecule has 0 N–H and O–H groups in total. The molecule has 0 aromatic heterocycles. The van der Waals surface area contributed by atoms with Crippen LogP contribution < -0.4 is 0 Å². The van der Waals surface area contributed by atoms with E-state index in [2.05, 4.69) is 0 Å². The van der Waals surface area contributed by atoms with Gasteiger partial charge in [0.25, 0.3) is 11.2 Å². The zero-order valence-electron chi connectivity index (χ0n) is 28.4. The van der Waals surface area contributed by atoms with Gasteiger partial charge in [0.05, 0.1) is 0 Å². The lowest BCUT2D eigenvalue weighted by Crippen LogP contribution is -2.53. The third kappa shape index (κ3) is 9.02. The van der Waals surface area contributed by atoms with Crippen LogP contribution in [-0.2, 0) is 46.2 Å². The van der Waals surface area contributed by atoms with Gasteiger partial charge >= 0.3 is 24.3 Å². The highest BCUT2D eigenvalue weighted by Gasteiger charge is 2.65. The monoisotopic (exact) mass is 720 g/mol. The van der Waals surface area contributed by atoms with Crippen molar-refractivity contribution >= 4 is 11.9 Å². The van der Waals surface area contributed by atoms with Gasteiger partial charge in [0.2, 0.25) is 0 Å². The van der Waals surface area contributed by atoms with Crippen molar-refractivity contribution in [2.24, 2.45) is 5.92 Å². The predicted octanol–water partition coefficient (Wildman–Crippen LogP) is 9.18. The van der Waals surface area contributed by atoms with Gasteiger partial charge in [-0.2, -0.15) is 26.3 Å². The fraction of sp³-hybridized carbons (Fsp3) is 0.436. The van der Waals surface area contributed by atoms with E-state index in [1.165, 1.54) is 48.6 Å². The first-order chi connectivity index (χ1) is 24.3. The quantitative estimate of drug-likeness (QED) is 0.0887. The van der Waals surface area contributed by atoms with Crippen molar-refractivity contribution in [1.29, 1.82) is 0 Å². The van der Waals surface area contributed by atoms with E-state index in [1.807, 2.05) is 12.1 Å². The Kier molecular flexibility index (Phi) is 13.5. The lowest BCUT2D eigenvalue weighted by molar-refractivity contribution is -0.279. The number of rotatable bonds is 15. The number of hydrogen-bond donors (Lipinski definition) is 0. The van der Waals surface area contributed by atoms with E-state index >= 15 is 0 Å². The van der Waals surface area contributed by atoms with E-state index in [0.29, 0.717) is 19.3 Å². The first-order valence-corrected chi connectivity index (χ1v) is 16.8. The third-order valence-electron chi connectivity index (χ3n) is 9.30. The molecule has 1 saturated carbocycles. The molecule has 6 nitrogen and oxygen atoms in total. The number of alkyl halides is 6. The average molecular weight is 721 g/mol. The van der Waals surface area contributed by atoms with E-state index in [0.717, 1.165) is 63.3 Å². The molecule has 0 amide bonds. The van der Waals surface area contributed by atoms with Crippen molar-refractivity contribution in [2.75, 3.05) is 14.2 Å². The molecule has 1 fully saturated rings. The van der Waals surface area contributed by atoms with Gasteiger partial charge < -0.3 is 18.9 Å². The molecule has 0 radical (unpaired) electrons. The maximum absolute atomic E-state index is 14.7. The Morgan fingerprint density at radius 3 is 1.59 bits per heavy atom. The molecule has 3 aromatic rings. The molecule has 276 valence electrons. The highest BCUT2D eigenvalue weighted by molar-refractivity contribution is 5.83. The van der Waals surface area contributed by atoms with Crippen LogP contribution in [0.25, 0.3) is 0 Å². The Hall–Kier alpha value is -4.16. The van der Waals surface area contributed by atoms with Crippen molar-refractivity contribution in [3.05, 3.63) is 120 Å². The zero-order chi connectivity index (χ0) is 37.1. The van der Waals surface area contributed by atoms with Crippen LogP contribution >= 0.6 is 0 Å². The van der Waals surface area contributed by atoms with Gasteiger partial charge in [-0.1, -0.05) is 116 Å². The molecule has 3 aromatic carbocycles. The van der Waals surface area contributed by atoms with Crippen molar-refractivity contribution in [3.63, 3.8) is 0 Å². The maximum atomic E-state index is 14.7. The topological polar surface area (TPSA) is 71.1 Å². The number of carbonyl (C=O) groups is 2. The summed E-state index contributed by atoms with van der Waals surface area (Å²) in [4.78, 5) is 27.1. The summed E-state index contributed by atoms with van der Waals surface area (Å²) in [5.74, 6) is -3.63. The minimum absolute atomic E-state index is 0.106. The fourth-order valence-corrected chi connectivity index (χ4v) is 6.53. The van der Waals surface area contributed by atoms with E-state index in [4.69, 9.17) is 18.9 Å². The number of hydrogen-bond acceptors (Lipinski definition) is 6. The van der Waals surface area contributed by atoms with Crippen LogP contribution in [0.3, 0.4) is 0 Å². The highest BCUT2D eigenvalue weighted by Crippen LogP contribution is 2.45. The van der Waals surface area contributed by atoms with Crippen LogP contribution in [0, 0.1) is 5.92 Å². The molecule has 51 heavy (non-hydrogen) atoms. The van der Waals surface area contributed by atoms with Crippen molar-refractivity contribution in [3.8, 4) is 0 Å². The number of benzene rings is 3. The Balaban J connectivity index is 1.64. The average Bonchev–Trinajstić information content (AvgIpc) is 3.11. The first kappa shape index (κ1) is 39.6. The van der Waals surface area contributed by atoms with Crippen LogP contribution in [-0.4, -0.2) is 50.7 Å². The SMILES string of the molecule is CO[C@](C(=O)O[C@H](C/C=C/[C@@H](OC(=O)[C@@](OC)(c1ccccc1)C(F)(F)F)C1CCCCC1)CCc1ccccc1)(c1ccccc1)C(F)(F)F. The molecule has 0 unspecified atom stereocenters. The Morgan fingerprint density at radius 1 is 0.686 bits per heavy atom. The van der Waals surface area contributed by atoms with Crippen molar-refractivity contribution in [1.82, 2.24) is 0 Å². The van der Waals surface area contributed by atoms with Crippen LogP contribution in [0.4, 0.5) is 26.3 Å². The van der Waals surface area contributed by atoms with Gasteiger partial charge in [-0.3, -0.25) is 0 Å². The molecule has 0 spiro atoms. The fourth-order valence-electron chi connectivity index (χ4n) is 6.53. The van der Waals surface area contributed by atoms with Gasteiger partial charge in [0.15, 0.2) is 0 Å². The van der Waals surface area contributed by atoms with Crippen LogP contribution in [0.15, 0.2) is 103 Å². The van der Waals surface area contributed by atoms with E-state index in [-0.39, 0.29) is 18.8 Å². The Bertz CT molecular complexity index is 1560. The minimum Gasteiger partial charge on any atom is -0.459 e. The molecular formula is C39H42F6O6. The number of esters is 2. The summed E-state index contributed by atoms with van der Waals surface area (Å²) >= 11 is 0. The Labute approximate surface area is 293 Å². The zero-order valence-corrected chi connectivity index (χ0v) is 28.4. The molecule has 1 aliphatic rings. The van der Waals surface area contributed by atoms with Crippen molar-refractivity contribution in [2.45, 2.75) is 87.1 Å². The summed E-state index contributed by atoms with van der Waals surface area (Å²) < 4.78 is 109. The third-order valence-corrected chi connectivity index (χ3v) is 9.30. The first-order valence-electron chi connectivity index (χ1n) is 16.8. The van der Waals surface area contributed by atoms with Gasteiger partial charge in [-0.05, 0) is 43.2 Å². The second-order valence-electron chi connectivity index (χ2n) is 12.5. The summed E-state index contributed by atoms with van der Waals surface area (Å²) in [6, 6.07) is 22.0. The molecule has 4 atom stereocenters. The number of aryl methyl sites for hydroxylation is 1. The number of methoxy groups -OCH3 is 2. The summed E-state index contributed by atoms with van der Waals surface area (Å²) in [6.45, 7) is 0. The van der Waals surface area contributed by atoms with Gasteiger partial charge in [0, 0.05) is 31.8 Å². The summed E-state index contributed by atoms with van der Waals surface area (Å²) in [5, 5.41) is 0. The van der Waals surface area contributed by atoms with Crippen LogP contribution in [0.2, 0.25) is 0 Å². The van der Waals surface area contributed by atoms with Crippen molar-refractivity contribution < 1.29 is 54.9 Å². The second-order valence-corrected chi connectivity index (χ2v) is 12.5. The van der Waals surface area contributed by atoms with Crippen LogP contribution in [0.1, 0.15) is 61.6 Å². The molecule has 1 aliphatic carbocycles. The summed E-state index contributed by atoms with van der Waals surface area (Å²) in [5.41, 5.74) is -6.88. The predicted molar refractivity (Wildman–Crippen MR) is 177 cm³/mol. The minimum atomic E-state index is -5.19. The standard InChI is InChI=1S/C39H42F6O6/c1-48-36(38(40,41)42,30-20-11-5-12-21-30)34(46)50-32(27-26-28-16-7-3-8-17-28)24-15-25-33(29-18-9-4-10-19-29)51-35(47)37(49-2,39(43,44)45)31-22-13-6-14-23-31/h3,5-8,11-17,20-23,25,29,32-33H,4,9-10,18-19,24,26-27H2,1-2H3/b25-15+/t32-,33-,36+,37+/m1/s1. The van der Waals surface area contributed by atoms with Gasteiger partial charge in [-0.15, -0.1) is 0 Å². The number of carbonyl (C=O) groups excluding carboxylic acids is 2. The summed E-state index contributed by atoms with van der Waals surface area (Å²) in [7, 11) is 1.56. The second kappa shape index (κ2) is 17.4.